The number of hydrogen-bond donors (Lipinski definition) is 2. The van der Waals surface area contributed by atoms with Gasteiger partial charge < -0.3 is 15.2 Å². The van der Waals surface area contributed by atoms with Gasteiger partial charge in [0.15, 0.2) is 0 Å². The highest BCUT2D eigenvalue weighted by Gasteiger charge is 2.20. The number of nitrogens with one attached hydrogen (secondary N) is 1. The van der Waals surface area contributed by atoms with Gasteiger partial charge in [-0.05, 0) is 11.6 Å². The van der Waals surface area contributed by atoms with Crippen LogP contribution >= 0.6 is 0 Å². The largest absolute Gasteiger partial charge is 0.492 e. The van der Waals surface area contributed by atoms with Crippen LogP contribution in [0.15, 0.2) is 35.3 Å². The molecule has 0 atom stereocenters. The van der Waals surface area contributed by atoms with Crippen molar-refractivity contribution in [1.82, 2.24) is 24.6 Å². The Morgan fingerprint density at radius 2 is 2.00 bits per heavy atom. The molecule has 0 unspecified atom stereocenters. The van der Waals surface area contributed by atoms with E-state index >= 15 is 0 Å². The Labute approximate surface area is 178 Å². The van der Waals surface area contributed by atoms with Crippen LogP contribution in [0.1, 0.15) is 11.1 Å². The number of halogens is 1. The van der Waals surface area contributed by atoms with E-state index in [0.717, 1.165) is 44.2 Å². The molecule has 164 valence electrons. The van der Waals surface area contributed by atoms with Crippen LogP contribution in [0.3, 0.4) is 0 Å². The molecule has 0 amide bonds. The van der Waals surface area contributed by atoms with Crippen LogP contribution in [0.25, 0.3) is 11.4 Å². The van der Waals surface area contributed by atoms with E-state index < -0.39 is 11.4 Å². The molecule has 0 saturated carbocycles. The van der Waals surface area contributed by atoms with Crippen molar-refractivity contribution < 1.29 is 13.9 Å². The summed E-state index contributed by atoms with van der Waals surface area (Å²) in [6.45, 7) is 4.67. The van der Waals surface area contributed by atoms with Crippen molar-refractivity contribution in [3.8, 4) is 17.1 Å². The second-order valence-corrected chi connectivity index (χ2v) is 7.38. The smallest absolute Gasteiger partial charge is 0.289 e. The second-order valence-electron chi connectivity index (χ2n) is 7.38. The summed E-state index contributed by atoms with van der Waals surface area (Å²) in [5.41, 5.74) is 6.44. The van der Waals surface area contributed by atoms with Gasteiger partial charge in [-0.3, -0.25) is 19.4 Å². The van der Waals surface area contributed by atoms with Crippen molar-refractivity contribution in [2.45, 2.75) is 6.42 Å². The minimum Gasteiger partial charge on any atom is -0.492 e. The zero-order chi connectivity index (χ0) is 21.8. The molecular weight excluding hydrogens is 403 g/mol. The van der Waals surface area contributed by atoms with Crippen LogP contribution in [0.5, 0.6) is 5.75 Å². The van der Waals surface area contributed by atoms with Gasteiger partial charge in [0.05, 0.1) is 13.2 Å². The van der Waals surface area contributed by atoms with E-state index in [-0.39, 0.29) is 17.3 Å². The van der Waals surface area contributed by atoms with E-state index in [1.165, 1.54) is 0 Å². The van der Waals surface area contributed by atoms with Crippen molar-refractivity contribution in [2.24, 2.45) is 7.05 Å². The summed E-state index contributed by atoms with van der Waals surface area (Å²) in [6, 6.07) is 7.70. The Morgan fingerprint density at radius 1 is 1.23 bits per heavy atom. The maximum atomic E-state index is 14.5. The SMILES string of the molecule is Cn1cc(Cc2ccccc2OCCN2CCOCC2)c(-c2nc(N)[nH]c(=O)c2F)n1. The fourth-order valence-electron chi connectivity index (χ4n) is 3.60. The standard InChI is InChI=1S/C21H25FN6O3/c1-27-13-15(18(26-27)19-17(22)20(29)25-21(23)24-19)12-14-4-2-3-5-16(14)31-11-8-28-6-9-30-10-7-28/h2-5,13H,6-12H2,1H3,(H3,23,24,25,29). The number of rotatable bonds is 7. The lowest BCUT2D eigenvalue weighted by atomic mass is 10.0. The highest BCUT2D eigenvalue weighted by Crippen LogP contribution is 2.27. The first-order chi connectivity index (χ1) is 15.0. The Balaban J connectivity index is 1.55. The zero-order valence-electron chi connectivity index (χ0n) is 17.3. The molecule has 3 N–H and O–H groups in total. The van der Waals surface area contributed by atoms with Crippen molar-refractivity contribution in [1.29, 1.82) is 0 Å². The van der Waals surface area contributed by atoms with Gasteiger partial charge in [-0.25, -0.2) is 4.98 Å². The van der Waals surface area contributed by atoms with Crippen LogP contribution in [0.4, 0.5) is 10.3 Å². The maximum Gasteiger partial charge on any atom is 0.289 e. The minimum absolute atomic E-state index is 0.162. The summed E-state index contributed by atoms with van der Waals surface area (Å²) in [6.07, 6.45) is 2.21. The molecule has 31 heavy (non-hydrogen) atoms. The number of ether oxygens (including phenoxy) is 2. The number of hydrogen-bond acceptors (Lipinski definition) is 7. The number of aromatic nitrogens is 4. The van der Waals surface area contributed by atoms with Crippen molar-refractivity contribution >= 4 is 5.95 Å². The third kappa shape index (κ3) is 4.92. The first kappa shape index (κ1) is 21.0. The molecule has 0 aliphatic carbocycles. The first-order valence-corrected chi connectivity index (χ1v) is 10.1. The lowest BCUT2D eigenvalue weighted by Gasteiger charge is -2.26. The molecule has 1 fully saturated rings. The highest BCUT2D eigenvalue weighted by molar-refractivity contribution is 5.61. The average Bonchev–Trinajstić information content (AvgIpc) is 3.12. The number of aryl methyl sites for hydroxylation is 1. The number of benzene rings is 1. The Kier molecular flexibility index (Phi) is 6.28. The van der Waals surface area contributed by atoms with Crippen LogP contribution < -0.4 is 16.0 Å². The fraction of sp³-hybridized carbons (Fsp3) is 0.381. The van der Waals surface area contributed by atoms with Crippen LogP contribution in [0, 0.1) is 5.82 Å². The molecule has 0 bridgehead atoms. The number of morpholine rings is 1. The summed E-state index contributed by atoms with van der Waals surface area (Å²) in [5, 5.41) is 4.32. The molecule has 1 saturated heterocycles. The zero-order valence-corrected chi connectivity index (χ0v) is 17.3. The summed E-state index contributed by atoms with van der Waals surface area (Å²) in [5.74, 6) is -0.418. The van der Waals surface area contributed by atoms with Crippen molar-refractivity contribution in [3.05, 3.63) is 57.8 Å². The quantitative estimate of drug-likeness (QED) is 0.582. The lowest BCUT2D eigenvalue weighted by molar-refractivity contribution is 0.0322. The molecular formula is C21H25FN6O3. The third-order valence-electron chi connectivity index (χ3n) is 5.13. The topological polar surface area (TPSA) is 111 Å². The minimum atomic E-state index is -1.01. The maximum absolute atomic E-state index is 14.5. The van der Waals surface area contributed by atoms with E-state index in [2.05, 4.69) is 20.0 Å². The number of para-hydroxylation sites is 1. The van der Waals surface area contributed by atoms with Gasteiger partial charge in [0.2, 0.25) is 11.8 Å². The van der Waals surface area contributed by atoms with Gasteiger partial charge in [0.25, 0.3) is 5.56 Å². The van der Waals surface area contributed by atoms with Crippen LogP contribution in [0.2, 0.25) is 0 Å². The van der Waals surface area contributed by atoms with Crippen molar-refractivity contribution in [3.63, 3.8) is 0 Å². The Bertz CT molecular complexity index is 1110. The average molecular weight is 428 g/mol. The number of nitrogens with two attached hydrogens (primary N) is 1. The van der Waals surface area contributed by atoms with Crippen molar-refractivity contribution in [2.75, 3.05) is 45.2 Å². The van der Waals surface area contributed by atoms with Crippen LogP contribution in [-0.2, 0) is 18.2 Å². The number of aromatic amines is 1. The number of nitrogen functional groups attached to an aromatic ring is 1. The highest BCUT2D eigenvalue weighted by atomic mass is 19.1. The molecule has 3 aromatic rings. The fourth-order valence-corrected chi connectivity index (χ4v) is 3.60. The van der Waals surface area contributed by atoms with Crippen LogP contribution in [-0.4, -0.2) is 64.1 Å². The monoisotopic (exact) mass is 428 g/mol. The molecule has 3 heterocycles. The number of nitrogens with zero attached hydrogens (tertiary/aromatic N) is 4. The molecule has 1 aliphatic heterocycles. The van der Waals surface area contributed by atoms with Gasteiger partial charge in [-0.15, -0.1) is 0 Å². The van der Waals surface area contributed by atoms with Gasteiger partial charge >= 0.3 is 0 Å². The molecule has 10 heteroatoms. The number of anilines is 1. The Hall–Kier alpha value is -3.24. The number of H-pyrrole nitrogens is 1. The molecule has 1 aliphatic rings. The van der Waals surface area contributed by atoms with Gasteiger partial charge in [-0.1, -0.05) is 18.2 Å². The van der Waals surface area contributed by atoms with E-state index in [1.807, 2.05) is 24.3 Å². The lowest BCUT2D eigenvalue weighted by Crippen LogP contribution is -2.38. The summed E-state index contributed by atoms with van der Waals surface area (Å²) < 4.78 is 27.5. The summed E-state index contributed by atoms with van der Waals surface area (Å²) in [4.78, 5) is 20.2. The van der Waals surface area contributed by atoms with Gasteiger partial charge in [0.1, 0.15) is 23.7 Å². The molecule has 0 spiro atoms. The van der Waals surface area contributed by atoms with Gasteiger partial charge in [-0.2, -0.15) is 9.49 Å². The third-order valence-corrected chi connectivity index (χ3v) is 5.13. The van der Waals surface area contributed by atoms with E-state index in [0.29, 0.717) is 18.6 Å². The van der Waals surface area contributed by atoms with E-state index in [9.17, 15) is 9.18 Å². The molecule has 9 nitrogen and oxygen atoms in total. The molecule has 0 radical (unpaired) electrons. The van der Waals surface area contributed by atoms with E-state index in [4.69, 9.17) is 15.2 Å². The molecule has 1 aromatic carbocycles. The summed E-state index contributed by atoms with van der Waals surface area (Å²) in [7, 11) is 1.73. The normalized spacial score (nSPS) is 14.6. The second kappa shape index (κ2) is 9.27. The molecule has 4 rings (SSSR count). The molecule has 2 aromatic heterocycles. The summed E-state index contributed by atoms with van der Waals surface area (Å²) >= 11 is 0. The predicted molar refractivity (Wildman–Crippen MR) is 113 cm³/mol. The van der Waals surface area contributed by atoms with Gasteiger partial charge in [0, 0.05) is 44.9 Å². The van der Waals surface area contributed by atoms with E-state index in [1.54, 1.807) is 17.9 Å². The Morgan fingerprint density at radius 3 is 2.81 bits per heavy atom. The predicted octanol–water partition coefficient (Wildman–Crippen LogP) is 1.19. The first-order valence-electron chi connectivity index (χ1n) is 10.1.